The molecule has 1 rings (SSSR count). The second-order valence-corrected chi connectivity index (χ2v) is 5.70. The Kier molecular flexibility index (Phi) is 4.74. The molecule has 0 unspecified atom stereocenters. The summed E-state index contributed by atoms with van der Waals surface area (Å²) in [5.41, 5.74) is 5.84. The number of likely N-dealkylation sites (N-methyl/N-ethyl adjacent to an activating group) is 1. The van der Waals surface area contributed by atoms with Gasteiger partial charge in [-0.05, 0) is 44.8 Å². The van der Waals surface area contributed by atoms with Crippen LogP contribution in [0.25, 0.3) is 0 Å². The van der Waals surface area contributed by atoms with Crippen LogP contribution in [-0.4, -0.2) is 43.5 Å². The molecule has 3 N–H and O–H groups in total. The minimum absolute atomic E-state index is 0.149. The lowest BCUT2D eigenvalue weighted by Crippen LogP contribution is -2.38. The van der Waals surface area contributed by atoms with Gasteiger partial charge in [0.2, 0.25) is 5.91 Å². The van der Waals surface area contributed by atoms with E-state index in [1.54, 1.807) is 0 Å². The molecular formula is C12H25N3O. The van der Waals surface area contributed by atoms with E-state index in [1.165, 1.54) is 0 Å². The van der Waals surface area contributed by atoms with Crippen LogP contribution in [0.1, 0.15) is 33.1 Å². The summed E-state index contributed by atoms with van der Waals surface area (Å²) in [5.74, 6) is 0.149. The second-order valence-electron chi connectivity index (χ2n) is 5.70. The summed E-state index contributed by atoms with van der Waals surface area (Å²) in [4.78, 5) is 13.6. The predicted octanol–water partition coefficient (Wildman–Crippen LogP) is 0.572. The molecule has 0 aliphatic heterocycles. The summed E-state index contributed by atoms with van der Waals surface area (Å²) < 4.78 is 0. The van der Waals surface area contributed by atoms with Crippen molar-refractivity contribution >= 4 is 5.91 Å². The monoisotopic (exact) mass is 227 g/mol. The minimum Gasteiger partial charge on any atom is -0.352 e. The standard InChI is InChI=1S/C12H25N3O/c1-12(2,9-13)6-7-15(3)8-11(16)14-10-4-5-10/h10H,4-9,13H2,1-3H3,(H,14,16). The number of hydrogen-bond donors (Lipinski definition) is 2. The fourth-order valence-electron chi connectivity index (χ4n) is 1.42. The van der Waals surface area contributed by atoms with Crippen LogP contribution in [0.3, 0.4) is 0 Å². The van der Waals surface area contributed by atoms with Gasteiger partial charge >= 0.3 is 0 Å². The Labute approximate surface area is 98.6 Å². The van der Waals surface area contributed by atoms with Gasteiger partial charge in [-0.1, -0.05) is 13.8 Å². The van der Waals surface area contributed by atoms with Crippen molar-refractivity contribution in [2.24, 2.45) is 11.1 Å². The molecule has 1 aliphatic carbocycles. The highest BCUT2D eigenvalue weighted by Gasteiger charge is 2.23. The van der Waals surface area contributed by atoms with Gasteiger partial charge in [-0.3, -0.25) is 9.69 Å². The van der Waals surface area contributed by atoms with Crippen molar-refractivity contribution in [2.75, 3.05) is 26.7 Å². The molecule has 16 heavy (non-hydrogen) atoms. The average molecular weight is 227 g/mol. The molecule has 1 fully saturated rings. The maximum absolute atomic E-state index is 11.5. The summed E-state index contributed by atoms with van der Waals surface area (Å²) in [7, 11) is 1.99. The molecule has 0 spiro atoms. The smallest absolute Gasteiger partial charge is 0.234 e. The van der Waals surface area contributed by atoms with E-state index in [1.807, 2.05) is 7.05 Å². The van der Waals surface area contributed by atoms with Crippen LogP contribution in [0.5, 0.6) is 0 Å². The first-order chi connectivity index (χ1) is 7.43. The quantitative estimate of drug-likeness (QED) is 0.668. The van der Waals surface area contributed by atoms with Gasteiger partial charge in [0.15, 0.2) is 0 Å². The molecule has 0 saturated heterocycles. The van der Waals surface area contributed by atoms with Crippen LogP contribution in [0.2, 0.25) is 0 Å². The van der Waals surface area contributed by atoms with E-state index in [0.29, 0.717) is 19.1 Å². The Morgan fingerprint density at radius 2 is 2.12 bits per heavy atom. The minimum atomic E-state index is 0.149. The number of carbonyl (C=O) groups is 1. The molecule has 0 heterocycles. The molecule has 0 atom stereocenters. The van der Waals surface area contributed by atoms with E-state index < -0.39 is 0 Å². The Hall–Kier alpha value is -0.610. The van der Waals surface area contributed by atoms with Gasteiger partial charge in [0.05, 0.1) is 6.54 Å². The summed E-state index contributed by atoms with van der Waals surface area (Å²) in [6.45, 7) is 6.42. The molecular weight excluding hydrogens is 202 g/mol. The molecule has 1 aliphatic rings. The zero-order valence-corrected chi connectivity index (χ0v) is 10.8. The SMILES string of the molecule is CN(CCC(C)(C)CN)CC(=O)NC1CC1. The molecule has 4 heteroatoms. The molecule has 0 aromatic rings. The molecule has 0 radical (unpaired) electrons. The number of amides is 1. The van der Waals surface area contributed by atoms with Crippen molar-refractivity contribution in [3.63, 3.8) is 0 Å². The number of nitrogens with two attached hydrogens (primary N) is 1. The highest BCUT2D eigenvalue weighted by molar-refractivity contribution is 5.78. The third-order valence-corrected chi connectivity index (χ3v) is 3.08. The van der Waals surface area contributed by atoms with Gasteiger partial charge in [-0.2, -0.15) is 0 Å². The highest BCUT2D eigenvalue weighted by Crippen LogP contribution is 2.19. The van der Waals surface area contributed by atoms with Crippen LogP contribution in [0, 0.1) is 5.41 Å². The van der Waals surface area contributed by atoms with Gasteiger partial charge in [0.25, 0.3) is 0 Å². The number of carbonyl (C=O) groups excluding carboxylic acids is 1. The molecule has 0 aromatic heterocycles. The summed E-state index contributed by atoms with van der Waals surface area (Å²) in [5, 5.41) is 2.99. The van der Waals surface area contributed by atoms with Crippen molar-refractivity contribution in [1.29, 1.82) is 0 Å². The van der Waals surface area contributed by atoms with Gasteiger partial charge in [0.1, 0.15) is 0 Å². The fraction of sp³-hybridized carbons (Fsp3) is 0.917. The first-order valence-corrected chi connectivity index (χ1v) is 6.11. The maximum Gasteiger partial charge on any atom is 0.234 e. The predicted molar refractivity (Wildman–Crippen MR) is 66.1 cm³/mol. The molecule has 1 saturated carbocycles. The zero-order chi connectivity index (χ0) is 12.2. The largest absolute Gasteiger partial charge is 0.352 e. The first-order valence-electron chi connectivity index (χ1n) is 6.11. The molecule has 1 amide bonds. The number of rotatable bonds is 7. The zero-order valence-electron chi connectivity index (χ0n) is 10.8. The van der Waals surface area contributed by atoms with E-state index in [4.69, 9.17) is 5.73 Å². The average Bonchev–Trinajstić information content (AvgIpc) is 2.99. The van der Waals surface area contributed by atoms with E-state index in [9.17, 15) is 4.79 Å². The van der Waals surface area contributed by atoms with Gasteiger partial charge in [0, 0.05) is 6.04 Å². The van der Waals surface area contributed by atoms with E-state index in [-0.39, 0.29) is 11.3 Å². The van der Waals surface area contributed by atoms with Crippen LogP contribution in [-0.2, 0) is 4.79 Å². The van der Waals surface area contributed by atoms with Crippen molar-refractivity contribution in [3.05, 3.63) is 0 Å². The van der Waals surface area contributed by atoms with E-state index in [0.717, 1.165) is 25.8 Å². The third kappa shape index (κ3) is 5.47. The van der Waals surface area contributed by atoms with Crippen molar-refractivity contribution < 1.29 is 4.79 Å². The summed E-state index contributed by atoms with van der Waals surface area (Å²) in [6, 6.07) is 0.460. The van der Waals surface area contributed by atoms with Crippen LogP contribution in [0.4, 0.5) is 0 Å². The normalized spacial score (nSPS) is 16.6. The topological polar surface area (TPSA) is 58.4 Å². The first kappa shape index (κ1) is 13.5. The fourth-order valence-corrected chi connectivity index (χ4v) is 1.42. The Morgan fingerprint density at radius 3 is 2.62 bits per heavy atom. The van der Waals surface area contributed by atoms with Crippen molar-refractivity contribution in [1.82, 2.24) is 10.2 Å². The lowest BCUT2D eigenvalue weighted by molar-refractivity contribution is -0.122. The molecule has 4 nitrogen and oxygen atoms in total. The van der Waals surface area contributed by atoms with Crippen LogP contribution in [0.15, 0.2) is 0 Å². The molecule has 0 bridgehead atoms. The van der Waals surface area contributed by atoms with Gasteiger partial charge in [-0.15, -0.1) is 0 Å². The highest BCUT2D eigenvalue weighted by atomic mass is 16.2. The lowest BCUT2D eigenvalue weighted by atomic mass is 9.89. The van der Waals surface area contributed by atoms with Crippen molar-refractivity contribution in [3.8, 4) is 0 Å². The van der Waals surface area contributed by atoms with Crippen LogP contribution < -0.4 is 11.1 Å². The van der Waals surface area contributed by atoms with Crippen LogP contribution >= 0.6 is 0 Å². The molecule has 0 aromatic carbocycles. The Balaban J connectivity index is 2.14. The number of hydrogen-bond acceptors (Lipinski definition) is 3. The Bertz CT molecular complexity index is 236. The van der Waals surface area contributed by atoms with E-state index in [2.05, 4.69) is 24.1 Å². The molecule has 94 valence electrons. The summed E-state index contributed by atoms with van der Waals surface area (Å²) in [6.07, 6.45) is 3.32. The van der Waals surface area contributed by atoms with Gasteiger partial charge in [-0.25, -0.2) is 0 Å². The maximum atomic E-state index is 11.5. The van der Waals surface area contributed by atoms with Gasteiger partial charge < -0.3 is 11.1 Å². The number of nitrogens with one attached hydrogen (secondary N) is 1. The van der Waals surface area contributed by atoms with E-state index >= 15 is 0 Å². The lowest BCUT2D eigenvalue weighted by Gasteiger charge is -2.25. The van der Waals surface area contributed by atoms with Crippen molar-refractivity contribution in [2.45, 2.75) is 39.2 Å². The number of nitrogens with zero attached hydrogens (tertiary/aromatic N) is 1. The second kappa shape index (κ2) is 5.64. The summed E-state index contributed by atoms with van der Waals surface area (Å²) >= 11 is 0. The third-order valence-electron chi connectivity index (χ3n) is 3.08. The Morgan fingerprint density at radius 1 is 1.50 bits per heavy atom.